The van der Waals surface area contributed by atoms with Gasteiger partial charge >= 0.3 is 0 Å². The largest absolute Gasteiger partial charge is 0.474 e. The minimum atomic E-state index is -0.237. The summed E-state index contributed by atoms with van der Waals surface area (Å²) < 4.78 is 6.31. The van der Waals surface area contributed by atoms with Gasteiger partial charge < -0.3 is 15.4 Å². The number of aromatic nitrogens is 1. The molecule has 4 unspecified atom stereocenters. The Morgan fingerprint density at radius 2 is 2.25 bits per heavy atom. The molecule has 1 amide bonds. The minimum Gasteiger partial charge on any atom is -0.474 e. The second-order valence-corrected chi connectivity index (χ2v) is 7.70. The summed E-state index contributed by atoms with van der Waals surface area (Å²) in [6, 6.07) is 4.14. The highest BCUT2D eigenvalue weighted by atomic mass is 16.5. The molecule has 1 aromatic heterocycles. The molecule has 0 radical (unpaired) electrons. The number of primary amides is 1. The molecule has 0 bridgehead atoms. The molecule has 5 heteroatoms. The van der Waals surface area contributed by atoms with Crippen LogP contribution < -0.4 is 10.5 Å². The second-order valence-electron chi connectivity index (χ2n) is 7.70. The number of aryl methyl sites for hydroxylation is 1. The van der Waals surface area contributed by atoms with Gasteiger partial charge in [0.25, 0.3) is 0 Å². The summed E-state index contributed by atoms with van der Waals surface area (Å²) in [5.41, 5.74) is 6.68. The quantitative estimate of drug-likeness (QED) is 0.900. The van der Waals surface area contributed by atoms with Crippen molar-refractivity contribution in [1.82, 2.24) is 9.88 Å². The van der Waals surface area contributed by atoms with Crippen molar-refractivity contribution in [2.24, 2.45) is 17.1 Å². The number of amides is 1. The normalized spacial score (nSPS) is 32.0. The summed E-state index contributed by atoms with van der Waals surface area (Å²) in [6.07, 6.45) is 6.89. The molecular weight excluding hydrogens is 302 g/mol. The molecule has 0 aromatic carbocycles. The third-order valence-electron chi connectivity index (χ3n) is 6.11. The van der Waals surface area contributed by atoms with Crippen LogP contribution in [0.1, 0.15) is 44.6 Å². The van der Waals surface area contributed by atoms with Gasteiger partial charge in [-0.1, -0.05) is 13.0 Å². The zero-order valence-corrected chi connectivity index (χ0v) is 15.0. The Hall–Kier alpha value is -1.62. The van der Waals surface area contributed by atoms with Gasteiger partial charge in [-0.25, -0.2) is 4.98 Å². The summed E-state index contributed by atoms with van der Waals surface area (Å²) in [5.74, 6) is 0.310. The van der Waals surface area contributed by atoms with Crippen LogP contribution in [-0.4, -0.2) is 41.5 Å². The lowest BCUT2D eigenvalue weighted by Crippen LogP contribution is -2.53. The fraction of sp³-hybridized carbons (Fsp3) is 0.684. The average Bonchev–Trinajstić information content (AvgIpc) is 3.09. The first kappa shape index (κ1) is 17.2. The van der Waals surface area contributed by atoms with Crippen molar-refractivity contribution in [3.63, 3.8) is 0 Å². The first-order valence-corrected chi connectivity index (χ1v) is 9.01. The number of carbonyl (C=O) groups is 1. The number of rotatable bonds is 5. The number of hydrogen-bond donors (Lipinski definition) is 1. The van der Waals surface area contributed by atoms with E-state index in [2.05, 4.69) is 23.9 Å². The SMILES string of the molecule is Cc1cccnc1OC1CCCC1(C)C(C(N)=O)C1CCCN1C. The van der Waals surface area contributed by atoms with Crippen LogP contribution in [0, 0.1) is 18.3 Å². The Kier molecular flexibility index (Phi) is 4.81. The van der Waals surface area contributed by atoms with Crippen molar-refractivity contribution in [2.75, 3.05) is 13.6 Å². The van der Waals surface area contributed by atoms with Gasteiger partial charge in [0.2, 0.25) is 11.8 Å². The second kappa shape index (κ2) is 6.71. The van der Waals surface area contributed by atoms with Crippen LogP contribution in [0.4, 0.5) is 0 Å². The third kappa shape index (κ3) is 3.02. The molecule has 2 aliphatic rings. The summed E-state index contributed by atoms with van der Waals surface area (Å²) in [7, 11) is 2.10. The lowest BCUT2D eigenvalue weighted by Gasteiger charge is -2.42. The van der Waals surface area contributed by atoms with E-state index in [9.17, 15) is 4.79 Å². The molecule has 2 fully saturated rings. The number of carbonyl (C=O) groups excluding carboxylic acids is 1. The molecule has 1 aliphatic carbocycles. The Morgan fingerprint density at radius 1 is 1.46 bits per heavy atom. The number of nitrogens with two attached hydrogens (primary N) is 1. The first-order chi connectivity index (χ1) is 11.4. The zero-order valence-electron chi connectivity index (χ0n) is 15.0. The fourth-order valence-electron chi connectivity index (χ4n) is 4.75. The Labute approximate surface area is 144 Å². The first-order valence-electron chi connectivity index (χ1n) is 9.01. The molecule has 1 saturated carbocycles. The standard InChI is InChI=1S/C19H29N3O2/c1-13-7-5-11-21-18(13)24-15-9-4-10-19(15,2)16(17(20)23)14-8-6-12-22(14)3/h5,7,11,14-16H,4,6,8-10,12H2,1-3H3,(H2,20,23). The smallest absolute Gasteiger partial charge is 0.222 e. The van der Waals surface area contributed by atoms with Crippen LogP contribution in [0.2, 0.25) is 0 Å². The van der Waals surface area contributed by atoms with Crippen molar-refractivity contribution in [2.45, 2.75) is 58.1 Å². The van der Waals surface area contributed by atoms with Gasteiger partial charge in [-0.3, -0.25) is 4.79 Å². The van der Waals surface area contributed by atoms with Gasteiger partial charge in [0.05, 0.1) is 5.92 Å². The summed E-state index contributed by atoms with van der Waals surface area (Å²) >= 11 is 0. The molecule has 3 rings (SSSR count). The maximum Gasteiger partial charge on any atom is 0.222 e. The maximum absolute atomic E-state index is 12.4. The van der Waals surface area contributed by atoms with Crippen molar-refractivity contribution in [3.8, 4) is 5.88 Å². The molecule has 1 saturated heterocycles. The van der Waals surface area contributed by atoms with E-state index in [0.717, 1.165) is 44.2 Å². The zero-order chi connectivity index (χ0) is 17.3. The van der Waals surface area contributed by atoms with E-state index in [0.29, 0.717) is 5.88 Å². The highest BCUT2D eigenvalue weighted by molar-refractivity contribution is 5.78. The van der Waals surface area contributed by atoms with Crippen molar-refractivity contribution in [1.29, 1.82) is 0 Å². The highest BCUT2D eigenvalue weighted by Crippen LogP contribution is 2.49. The molecule has 5 nitrogen and oxygen atoms in total. The topological polar surface area (TPSA) is 68.5 Å². The molecule has 2 heterocycles. The molecule has 1 aromatic rings. The van der Waals surface area contributed by atoms with E-state index in [1.54, 1.807) is 6.20 Å². The predicted octanol–water partition coefficient (Wildman–Crippen LogP) is 2.52. The Bertz CT molecular complexity index is 606. The fourth-order valence-corrected chi connectivity index (χ4v) is 4.75. The van der Waals surface area contributed by atoms with E-state index >= 15 is 0 Å². The highest BCUT2D eigenvalue weighted by Gasteiger charge is 2.53. The van der Waals surface area contributed by atoms with Crippen LogP contribution in [0.5, 0.6) is 5.88 Å². The van der Waals surface area contributed by atoms with Gasteiger partial charge in [0, 0.05) is 23.2 Å². The van der Waals surface area contributed by atoms with Gasteiger partial charge in [0.15, 0.2) is 0 Å². The van der Waals surface area contributed by atoms with Gasteiger partial charge in [-0.05, 0) is 58.7 Å². The maximum atomic E-state index is 12.4. The van der Waals surface area contributed by atoms with E-state index in [4.69, 9.17) is 10.5 Å². The number of pyridine rings is 1. The molecule has 132 valence electrons. The number of ether oxygens (including phenoxy) is 1. The van der Waals surface area contributed by atoms with Gasteiger partial charge in [-0.2, -0.15) is 0 Å². The number of likely N-dealkylation sites (tertiary alicyclic amines) is 1. The van der Waals surface area contributed by atoms with E-state index in [1.165, 1.54) is 0 Å². The summed E-state index contributed by atoms with van der Waals surface area (Å²) in [5, 5.41) is 0. The van der Waals surface area contributed by atoms with Crippen LogP contribution >= 0.6 is 0 Å². The monoisotopic (exact) mass is 331 g/mol. The molecule has 4 atom stereocenters. The van der Waals surface area contributed by atoms with Crippen molar-refractivity contribution in [3.05, 3.63) is 23.9 Å². The van der Waals surface area contributed by atoms with Crippen LogP contribution in [-0.2, 0) is 4.79 Å². The van der Waals surface area contributed by atoms with Crippen molar-refractivity contribution < 1.29 is 9.53 Å². The lowest BCUT2D eigenvalue weighted by atomic mass is 9.69. The summed E-state index contributed by atoms with van der Waals surface area (Å²) in [6.45, 7) is 5.23. The van der Waals surface area contributed by atoms with Crippen LogP contribution in [0.15, 0.2) is 18.3 Å². The Morgan fingerprint density at radius 3 is 2.88 bits per heavy atom. The van der Waals surface area contributed by atoms with Gasteiger partial charge in [0.1, 0.15) is 6.10 Å². The molecule has 1 aliphatic heterocycles. The van der Waals surface area contributed by atoms with Crippen LogP contribution in [0.25, 0.3) is 0 Å². The van der Waals surface area contributed by atoms with Crippen LogP contribution in [0.3, 0.4) is 0 Å². The van der Waals surface area contributed by atoms with Crippen molar-refractivity contribution >= 4 is 5.91 Å². The van der Waals surface area contributed by atoms with E-state index in [1.807, 2.05) is 19.1 Å². The van der Waals surface area contributed by atoms with E-state index < -0.39 is 0 Å². The Balaban J connectivity index is 1.87. The molecular formula is C19H29N3O2. The number of hydrogen-bond acceptors (Lipinski definition) is 4. The minimum absolute atomic E-state index is 0.0161. The summed E-state index contributed by atoms with van der Waals surface area (Å²) in [4.78, 5) is 19.1. The average molecular weight is 331 g/mol. The van der Waals surface area contributed by atoms with E-state index in [-0.39, 0.29) is 29.4 Å². The lowest BCUT2D eigenvalue weighted by molar-refractivity contribution is -0.131. The molecule has 2 N–H and O–H groups in total. The molecule has 0 spiro atoms. The predicted molar refractivity (Wildman–Crippen MR) is 93.7 cm³/mol. The molecule has 24 heavy (non-hydrogen) atoms. The van der Waals surface area contributed by atoms with Gasteiger partial charge in [-0.15, -0.1) is 0 Å². The third-order valence-corrected chi connectivity index (χ3v) is 6.11. The number of nitrogens with zero attached hydrogens (tertiary/aromatic N) is 2.